The summed E-state index contributed by atoms with van der Waals surface area (Å²) in [4.78, 5) is 0. The zero-order valence-electron chi connectivity index (χ0n) is 5.35. The first-order valence-corrected chi connectivity index (χ1v) is 3.89. The molecule has 0 aliphatic heterocycles. The number of hydrogen-bond donors (Lipinski definition) is 0. The Hall–Kier alpha value is 0.170. The fourth-order valence-electron chi connectivity index (χ4n) is 0.858. The van der Waals surface area contributed by atoms with Crippen molar-refractivity contribution in [3.05, 3.63) is 11.4 Å². The average molecular weight is 128 g/mol. The first-order valence-electron chi connectivity index (χ1n) is 3.31. The number of unbranched alkanes of at least 4 members (excludes halogenated alkanes) is 1. The van der Waals surface area contributed by atoms with Crippen LogP contribution >= 0.6 is 9.24 Å². The fourth-order valence-corrected chi connectivity index (χ4v) is 1.26. The van der Waals surface area contributed by atoms with Gasteiger partial charge < -0.3 is 0 Å². The summed E-state index contributed by atoms with van der Waals surface area (Å²) in [7, 11) is 2.76. The van der Waals surface area contributed by atoms with E-state index in [-0.39, 0.29) is 0 Å². The third-order valence-corrected chi connectivity index (χ3v) is 2.20. The topological polar surface area (TPSA) is 0 Å². The molecule has 0 aromatic carbocycles. The van der Waals surface area contributed by atoms with E-state index < -0.39 is 0 Å². The molecule has 1 heteroatoms. The smallest absolute Gasteiger partial charge is 0.00205 e. The summed E-state index contributed by atoms with van der Waals surface area (Å²) in [5, 5.41) is 1.53. The zero-order chi connectivity index (χ0) is 5.98. The van der Waals surface area contributed by atoms with E-state index in [0.29, 0.717) is 0 Å². The maximum Gasteiger partial charge on any atom is 0.00205 e. The van der Waals surface area contributed by atoms with Crippen LogP contribution in [-0.2, 0) is 0 Å². The van der Waals surface area contributed by atoms with E-state index in [1.54, 1.807) is 0 Å². The van der Waals surface area contributed by atoms with Crippen LogP contribution in [0.15, 0.2) is 11.4 Å². The molecule has 2 unspecified atom stereocenters. The molecule has 0 saturated heterocycles. The van der Waals surface area contributed by atoms with Crippen LogP contribution in [-0.4, -0.2) is 0 Å². The quantitative estimate of drug-likeness (QED) is 0.512. The van der Waals surface area contributed by atoms with Crippen LogP contribution in [0.5, 0.6) is 0 Å². The maximum atomic E-state index is 2.76. The second-order valence-corrected chi connectivity index (χ2v) is 3.08. The SMILES string of the molecule is CCCCC1C=C1P. The zero-order valence-corrected chi connectivity index (χ0v) is 6.51. The van der Waals surface area contributed by atoms with Crippen molar-refractivity contribution in [2.24, 2.45) is 5.92 Å². The molecule has 1 aliphatic carbocycles. The molecule has 0 bridgehead atoms. The molecule has 0 saturated carbocycles. The standard InChI is InChI=1S/C7H13P/c1-2-3-4-6-5-7(6)8/h5-6H,2-4,8H2,1H3. The number of rotatable bonds is 3. The van der Waals surface area contributed by atoms with Crippen LogP contribution < -0.4 is 0 Å². The van der Waals surface area contributed by atoms with Gasteiger partial charge >= 0.3 is 0 Å². The molecule has 0 fully saturated rings. The molecular weight excluding hydrogens is 115 g/mol. The van der Waals surface area contributed by atoms with Crippen molar-refractivity contribution in [3.63, 3.8) is 0 Å². The Bertz CT molecular complexity index is 105. The van der Waals surface area contributed by atoms with Crippen LogP contribution in [0.25, 0.3) is 0 Å². The minimum absolute atomic E-state index is 0.875. The Morgan fingerprint density at radius 1 is 1.75 bits per heavy atom. The molecule has 0 amide bonds. The van der Waals surface area contributed by atoms with Gasteiger partial charge in [-0.25, -0.2) is 0 Å². The van der Waals surface area contributed by atoms with Gasteiger partial charge in [0.1, 0.15) is 0 Å². The first kappa shape index (κ1) is 6.29. The highest BCUT2D eigenvalue weighted by Crippen LogP contribution is 2.38. The van der Waals surface area contributed by atoms with Gasteiger partial charge in [0.05, 0.1) is 0 Å². The molecular formula is C7H13P. The van der Waals surface area contributed by atoms with Gasteiger partial charge in [-0.1, -0.05) is 25.8 Å². The Labute approximate surface area is 53.6 Å². The molecule has 0 N–H and O–H groups in total. The van der Waals surface area contributed by atoms with E-state index >= 15 is 0 Å². The van der Waals surface area contributed by atoms with Crippen LogP contribution in [0.2, 0.25) is 0 Å². The molecule has 1 rings (SSSR count). The summed E-state index contributed by atoms with van der Waals surface area (Å²) in [6, 6.07) is 0. The lowest BCUT2D eigenvalue weighted by molar-refractivity contribution is 0.683. The molecule has 0 heterocycles. The predicted molar refractivity (Wildman–Crippen MR) is 40.8 cm³/mol. The minimum Gasteiger partial charge on any atom is -0.110 e. The van der Waals surface area contributed by atoms with E-state index in [2.05, 4.69) is 22.2 Å². The van der Waals surface area contributed by atoms with E-state index in [0.717, 1.165) is 5.92 Å². The number of allylic oxidation sites excluding steroid dienone is 2. The lowest BCUT2D eigenvalue weighted by Gasteiger charge is -1.92. The van der Waals surface area contributed by atoms with Crippen LogP contribution in [0, 0.1) is 5.92 Å². The maximum absolute atomic E-state index is 2.76. The Kier molecular flexibility index (Phi) is 2.08. The lowest BCUT2D eigenvalue weighted by atomic mass is 10.2. The van der Waals surface area contributed by atoms with Gasteiger partial charge in [-0.2, -0.15) is 0 Å². The molecule has 0 aromatic rings. The predicted octanol–water partition coefficient (Wildman–Crippen LogP) is 2.57. The minimum atomic E-state index is 0.875. The Morgan fingerprint density at radius 3 is 2.75 bits per heavy atom. The number of hydrogen-bond acceptors (Lipinski definition) is 0. The van der Waals surface area contributed by atoms with Crippen LogP contribution in [0.4, 0.5) is 0 Å². The third kappa shape index (κ3) is 1.59. The van der Waals surface area contributed by atoms with Gasteiger partial charge in [0, 0.05) is 5.92 Å². The summed E-state index contributed by atoms with van der Waals surface area (Å²) in [6.07, 6.45) is 6.43. The second kappa shape index (κ2) is 2.64. The second-order valence-electron chi connectivity index (χ2n) is 2.42. The van der Waals surface area contributed by atoms with Gasteiger partial charge in [0.25, 0.3) is 0 Å². The molecule has 0 radical (unpaired) electrons. The van der Waals surface area contributed by atoms with Gasteiger partial charge in [0.15, 0.2) is 0 Å². The summed E-state index contributed by atoms with van der Waals surface area (Å²) in [5.41, 5.74) is 0. The summed E-state index contributed by atoms with van der Waals surface area (Å²) in [6.45, 7) is 2.24. The molecule has 0 spiro atoms. The van der Waals surface area contributed by atoms with Crippen molar-refractivity contribution in [2.75, 3.05) is 0 Å². The summed E-state index contributed by atoms with van der Waals surface area (Å²) >= 11 is 0. The molecule has 2 atom stereocenters. The van der Waals surface area contributed by atoms with Gasteiger partial charge in [-0.15, -0.1) is 9.24 Å². The highest BCUT2D eigenvalue weighted by Gasteiger charge is 2.18. The van der Waals surface area contributed by atoms with Crippen molar-refractivity contribution in [2.45, 2.75) is 26.2 Å². The highest BCUT2D eigenvalue weighted by atomic mass is 31.0. The van der Waals surface area contributed by atoms with Gasteiger partial charge in [-0.3, -0.25) is 0 Å². The summed E-state index contributed by atoms with van der Waals surface area (Å²) in [5.74, 6) is 0.875. The Balaban J connectivity index is 1.92. The lowest BCUT2D eigenvalue weighted by Crippen LogP contribution is -1.77. The first-order chi connectivity index (χ1) is 3.84. The van der Waals surface area contributed by atoms with Crippen molar-refractivity contribution in [1.82, 2.24) is 0 Å². The van der Waals surface area contributed by atoms with Crippen LogP contribution in [0.3, 0.4) is 0 Å². The molecule has 46 valence electrons. The Morgan fingerprint density at radius 2 is 2.38 bits per heavy atom. The highest BCUT2D eigenvalue weighted by molar-refractivity contribution is 7.23. The summed E-state index contributed by atoms with van der Waals surface area (Å²) < 4.78 is 0. The molecule has 0 aromatic heterocycles. The van der Waals surface area contributed by atoms with Gasteiger partial charge in [0.2, 0.25) is 0 Å². The largest absolute Gasteiger partial charge is 0.110 e. The van der Waals surface area contributed by atoms with Crippen molar-refractivity contribution >= 4 is 9.24 Å². The molecule has 1 aliphatic rings. The average Bonchev–Trinajstić information content (AvgIpc) is 2.42. The normalized spacial score (nSPS) is 25.2. The molecule has 0 nitrogen and oxygen atoms in total. The van der Waals surface area contributed by atoms with Crippen molar-refractivity contribution < 1.29 is 0 Å². The third-order valence-electron chi connectivity index (χ3n) is 1.58. The van der Waals surface area contributed by atoms with Gasteiger partial charge in [-0.05, 0) is 11.7 Å². The van der Waals surface area contributed by atoms with E-state index in [4.69, 9.17) is 0 Å². The van der Waals surface area contributed by atoms with E-state index in [9.17, 15) is 0 Å². The van der Waals surface area contributed by atoms with Crippen molar-refractivity contribution in [3.8, 4) is 0 Å². The van der Waals surface area contributed by atoms with E-state index in [1.165, 1.54) is 24.6 Å². The van der Waals surface area contributed by atoms with Crippen LogP contribution in [0.1, 0.15) is 26.2 Å². The monoisotopic (exact) mass is 128 g/mol. The molecule has 8 heavy (non-hydrogen) atoms. The fraction of sp³-hybridized carbons (Fsp3) is 0.714. The van der Waals surface area contributed by atoms with Crippen molar-refractivity contribution in [1.29, 1.82) is 0 Å². The van der Waals surface area contributed by atoms with E-state index in [1.807, 2.05) is 0 Å².